The molecule has 0 saturated carbocycles. The molecule has 4 aromatic rings. The Kier molecular flexibility index (Phi) is 9.56. The van der Waals surface area contributed by atoms with E-state index in [9.17, 15) is 8.42 Å². The molecule has 0 amide bonds. The van der Waals surface area contributed by atoms with E-state index >= 15 is 0 Å². The molecule has 13 heteroatoms. The lowest BCUT2D eigenvalue weighted by atomic mass is 10.3. The van der Waals surface area contributed by atoms with Gasteiger partial charge in [-0.2, -0.15) is 0 Å². The van der Waals surface area contributed by atoms with Gasteiger partial charge in [0.2, 0.25) is 9.84 Å². The van der Waals surface area contributed by atoms with Crippen molar-refractivity contribution in [1.29, 1.82) is 0 Å². The highest BCUT2D eigenvalue weighted by molar-refractivity contribution is 7.91. The molecule has 0 heterocycles. The minimum atomic E-state index is -3.87. The zero-order valence-corrected chi connectivity index (χ0v) is 25.1. The lowest BCUT2D eigenvalue weighted by Gasteiger charge is -2.14. The Morgan fingerprint density at radius 2 is 0.872 bits per heavy atom. The van der Waals surface area contributed by atoms with Gasteiger partial charge in [0, 0.05) is 22.7 Å². The van der Waals surface area contributed by atoms with Crippen molar-refractivity contribution in [1.82, 2.24) is 0 Å². The van der Waals surface area contributed by atoms with E-state index in [1.54, 1.807) is 60.7 Å². The number of thiocarbonyl (C=S) groups is 2. The van der Waals surface area contributed by atoms with Gasteiger partial charge < -0.3 is 21.3 Å². The van der Waals surface area contributed by atoms with Crippen LogP contribution in [0, 0.1) is 0 Å². The molecule has 0 atom stereocenters. The normalized spacial score (nSPS) is 11.0. The third-order valence-electron chi connectivity index (χ3n) is 5.16. The summed E-state index contributed by atoms with van der Waals surface area (Å²) in [6.45, 7) is 0. The third kappa shape index (κ3) is 7.73. The summed E-state index contributed by atoms with van der Waals surface area (Å²) in [5.74, 6) is 0. The Hall–Kier alpha value is -2.63. The highest BCUT2D eigenvalue weighted by atomic mass is 35.5. The Bertz CT molecular complexity index is 1570. The van der Waals surface area contributed by atoms with Gasteiger partial charge >= 0.3 is 0 Å². The molecule has 0 spiro atoms. The molecule has 39 heavy (non-hydrogen) atoms. The molecule has 0 bridgehead atoms. The smallest absolute Gasteiger partial charge is 0.206 e. The topological polar surface area (TPSA) is 82.3 Å². The minimum Gasteiger partial charge on any atom is -0.332 e. The van der Waals surface area contributed by atoms with Gasteiger partial charge in [0.05, 0.1) is 29.9 Å². The maximum absolute atomic E-state index is 13.4. The summed E-state index contributed by atoms with van der Waals surface area (Å²) in [7, 11) is -3.87. The fourth-order valence-corrected chi connectivity index (χ4v) is 5.77. The Balaban J connectivity index is 1.46. The van der Waals surface area contributed by atoms with Crippen LogP contribution in [0.25, 0.3) is 0 Å². The highest BCUT2D eigenvalue weighted by Crippen LogP contribution is 2.28. The van der Waals surface area contributed by atoms with Gasteiger partial charge in [-0.25, -0.2) is 8.42 Å². The van der Waals surface area contributed by atoms with E-state index in [0.29, 0.717) is 42.8 Å². The van der Waals surface area contributed by atoms with Crippen molar-refractivity contribution in [2.24, 2.45) is 0 Å². The van der Waals surface area contributed by atoms with Crippen LogP contribution in [0.15, 0.2) is 94.7 Å². The number of anilines is 4. The Morgan fingerprint density at radius 1 is 0.513 bits per heavy atom. The van der Waals surface area contributed by atoms with Gasteiger partial charge in [0.1, 0.15) is 0 Å². The monoisotopic (exact) mass is 654 g/mol. The first-order chi connectivity index (χ1) is 18.5. The van der Waals surface area contributed by atoms with Crippen LogP contribution in [0.4, 0.5) is 22.7 Å². The van der Waals surface area contributed by atoms with Gasteiger partial charge in [-0.05, 0) is 97.2 Å². The van der Waals surface area contributed by atoms with Crippen LogP contribution >= 0.6 is 70.8 Å². The average Bonchev–Trinajstić information content (AvgIpc) is 2.88. The molecule has 4 rings (SSSR count). The van der Waals surface area contributed by atoms with Gasteiger partial charge in [0.25, 0.3) is 0 Å². The first-order valence-electron chi connectivity index (χ1n) is 11.0. The van der Waals surface area contributed by atoms with Crippen LogP contribution in [-0.4, -0.2) is 18.6 Å². The van der Waals surface area contributed by atoms with E-state index < -0.39 is 9.84 Å². The Morgan fingerprint density at radius 3 is 1.23 bits per heavy atom. The van der Waals surface area contributed by atoms with Crippen molar-refractivity contribution in [2.75, 3.05) is 21.3 Å². The summed E-state index contributed by atoms with van der Waals surface area (Å²) < 4.78 is 26.8. The SMILES string of the molecule is O=S(=O)(c1cccc(NC(=S)Nc2ccc(Cl)c(Cl)c2)c1)c1cccc(NC(=S)Nc2ccc(Cl)c(Cl)c2)c1. The first kappa shape index (κ1) is 29.4. The molecule has 0 aliphatic rings. The second-order valence-electron chi connectivity index (χ2n) is 7.98. The zero-order chi connectivity index (χ0) is 28.2. The van der Waals surface area contributed by atoms with Crippen molar-refractivity contribution in [3.63, 3.8) is 0 Å². The number of hydrogen-bond donors (Lipinski definition) is 4. The molecule has 0 aliphatic carbocycles. The average molecular weight is 656 g/mol. The van der Waals surface area contributed by atoms with E-state index in [1.165, 1.54) is 24.3 Å². The lowest BCUT2D eigenvalue weighted by molar-refractivity contribution is 0.596. The summed E-state index contributed by atoms with van der Waals surface area (Å²) in [6, 6.07) is 22.6. The second kappa shape index (κ2) is 12.7. The molecule has 0 aliphatic heterocycles. The van der Waals surface area contributed by atoms with Crippen molar-refractivity contribution in [3.05, 3.63) is 105 Å². The van der Waals surface area contributed by atoms with E-state index in [0.717, 1.165) is 0 Å². The molecule has 0 saturated heterocycles. The van der Waals surface area contributed by atoms with Crippen molar-refractivity contribution < 1.29 is 8.42 Å². The van der Waals surface area contributed by atoms with Crippen LogP contribution in [0.3, 0.4) is 0 Å². The summed E-state index contributed by atoms with van der Waals surface area (Å²) in [5, 5.41) is 14.0. The maximum atomic E-state index is 13.4. The minimum absolute atomic E-state index is 0.0819. The number of nitrogens with one attached hydrogen (secondary N) is 4. The quantitative estimate of drug-likeness (QED) is 0.154. The number of sulfone groups is 1. The standard InChI is InChI=1S/C26H18Cl4N4O2S3/c27-21-9-7-17(13-23(21)29)33-25(37)31-15-3-1-5-19(11-15)39(35,36)20-6-2-4-16(12-20)32-26(38)34-18-8-10-22(28)24(30)14-18/h1-14H,(H2,31,33,37)(H2,32,34,38). The van der Waals surface area contributed by atoms with Crippen molar-refractivity contribution in [3.8, 4) is 0 Å². The fraction of sp³-hybridized carbons (Fsp3) is 0. The van der Waals surface area contributed by atoms with Crippen LogP contribution in [0.1, 0.15) is 0 Å². The molecular formula is C26H18Cl4N4O2S3. The first-order valence-corrected chi connectivity index (χ1v) is 14.8. The number of benzene rings is 4. The van der Waals surface area contributed by atoms with Crippen LogP contribution in [0.5, 0.6) is 0 Å². The fourth-order valence-electron chi connectivity index (χ4n) is 3.35. The van der Waals surface area contributed by atoms with Gasteiger partial charge in [-0.3, -0.25) is 0 Å². The van der Waals surface area contributed by atoms with E-state index in [2.05, 4.69) is 21.3 Å². The summed E-state index contributed by atoms with van der Waals surface area (Å²) in [5.41, 5.74) is 2.22. The lowest BCUT2D eigenvalue weighted by Crippen LogP contribution is -2.19. The summed E-state index contributed by atoms with van der Waals surface area (Å²) >= 11 is 34.7. The van der Waals surface area contributed by atoms with Gasteiger partial charge in [-0.1, -0.05) is 58.5 Å². The van der Waals surface area contributed by atoms with E-state index in [1.807, 2.05) is 0 Å². The molecular weight excluding hydrogens is 638 g/mol. The molecule has 0 aromatic heterocycles. The van der Waals surface area contributed by atoms with Crippen LogP contribution in [0.2, 0.25) is 20.1 Å². The Labute approximate surface area is 256 Å². The van der Waals surface area contributed by atoms with Gasteiger partial charge in [-0.15, -0.1) is 0 Å². The summed E-state index contributed by atoms with van der Waals surface area (Å²) in [4.78, 5) is 0.164. The number of rotatable bonds is 6. The van der Waals surface area contributed by atoms with Crippen LogP contribution in [-0.2, 0) is 9.84 Å². The van der Waals surface area contributed by atoms with Gasteiger partial charge in [0.15, 0.2) is 10.2 Å². The molecule has 4 N–H and O–H groups in total. The zero-order valence-electron chi connectivity index (χ0n) is 19.6. The molecule has 6 nitrogen and oxygen atoms in total. The molecule has 0 radical (unpaired) electrons. The highest BCUT2D eigenvalue weighted by Gasteiger charge is 2.19. The molecule has 4 aromatic carbocycles. The summed E-state index contributed by atoms with van der Waals surface area (Å²) in [6.07, 6.45) is 0. The number of hydrogen-bond acceptors (Lipinski definition) is 4. The number of halogens is 4. The second-order valence-corrected chi connectivity index (χ2v) is 12.4. The van der Waals surface area contributed by atoms with Crippen molar-refractivity contribution >= 4 is 114 Å². The van der Waals surface area contributed by atoms with E-state index in [-0.39, 0.29) is 20.0 Å². The largest absolute Gasteiger partial charge is 0.332 e. The van der Waals surface area contributed by atoms with Crippen molar-refractivity contribution in [2.45, 2.75) is 9.79 Å². The third-order valence-corrected chi connectivity index (χ3v) is 8.79. The predicted molar refractivity (Wildman–Crippen MR) is 171 cm³/mol. The maximum Gasteiger partial charge on any atom is 0.206 e. The predicted octanol–water partition coefficient (Wildman–Crippen LogP) is 8.75. The molecule has 0 unspecified atom stereocenters. The van der Waals surface area contributed by atoms with Crippen LogP contribution < -0.4 is 21.3 Å². The molecule has 0 fully saturated rings. The van der Waals surface area contributed by atoms with E-state index in [4.69, 9.17) is 70.8 Å². The molecule has 200 valence electrons.